The van der Waals surface area contributed by atoms with E-state index in [9.17, 15) is 24.6 Å². The van der Waals surface area contributed by atoms with E-state index in [1.807, 2.05) is 63.2 Å². The Balaban J connectivity index is 0.0000101. The maximum absolute atomic E-state index is 14.5. The van der Waals surface area contributed by atoms with Crippen LogP contribution in [0.5, 0.6) is 0 Å². The van der Waals surface area contributed by atoms with E-state index in [0.29, 0.717) is 37.4 Å². The molecule has 0 aliphatic rings. The fourth-order valence-corrected chi connectivity index (χ4v) is 5.60. The molecule has 0 heterocycles. The molecule has 9 nitrogen and oxygen atoms in total. The molecule has 5 atom stereocenters. The predicted molar refractivity (Wildman–Crippen MR) is 185 cm³/mol. The highest BCUT2D eigenvalue weighted by Crippen LogP contribution is 2.31. The number of unbranched alkanes of at least 4 members (excludes halogenated alkanes) is 1. The van der Waals surface area contributed by atoms with Gasteiger partial charge in [-0.25, -0.2) is 0 Å². The lowest BCUT2D eigenvalue weighted by atomic mass is 9.83. The van der Waals surface area contributed by atoms with Crippen molar-refractivity contribution in [1.82, 2.24) is 10.6 Å². The van der Waals surface area contributed by atoms with Crippen LogP contribution in [-0.2, 0) is 14.4 Å². The molecule has 3 amide bonds. The SMILES string of the molecule is CCCC[C@@H](C(=O)NC(CC(C)O)(C[C@@H](O)CCC(C)C)C(=O)NCC(C)C)N(C(=O)[C@H](C)N)c1cccc2ccccc12.Cl. The molecule has 254 valence electrons. The Labute approximate surface area is 276 Å². The average molecular weight is 649 g/mol. The third kappa shape index (κ3) is 11.9. The lowest BCUT2D eigenvalue weighted by molar-refractivity contribution is -0.138. The number of aliphatic hydroxyl groups is 2. The molecule has 10 heteroatoms. The summed E-state index contributed by atoms with van der Waals surface area (Å²) in [4.78, 5) is 43.8. The third-order valence-electron chi connectivity index (χ3n) is 7.87. The molecule has 0 bridgehead atoms. The molecule has 0 aromatic heterocycles. The maximum Gasteiger partial charge on any atom is 0.245 e. The summed E-state index contributed by atoms with van der Waals surface area (Å²) in [6, 6.07) is 11.4. The molecule has 0 radical (unpaired) electrons. The topological polar surface area (TPSA) is 145 Å². The Bertz CT molecular complexity index is 1220. The highest BCUT2D eigenvalue weighted by Gasteiger charge is 2.45. The number of nitrogens with one attached hydrogen (secondary N) is 2. The number of halogens is 1. The van der Waals surface area contributed by atoms with Crippen LogP contribution in [0, 0.1) is 11.8 Å². The molecule has 0 fully saturated rings. The van der Waals surface area contributed by atoms with Gasteiger partial charge in [0.2, 0.25) is 17.7 Å². The average Bonchev–Trinajstić information content (AvgIpc) is 2.95. The van der Waals surface area contributed by atoms with Gasteiger partial charge in [-0.05, 0) is 56.4 Å². The molecule has 0 saturated carbocycles. The first-order chi connectivity index (χ1) is 20.7. The van der Waals surface area contributed by atoms with E-state index < -0.39 is 47.6 Å². The summed E-state index contributed by atoms with van der Waals surface area (Å²) in [6.45, 7) is 13.6. The number of anilines is 1. The van der Waals surface area contributed by atoms with Crippen molar-refractivity contribution in [1.29, 1.82) is 0 Å². The molecule has 0 spiro atoms. The van der Waals surface area contributed by atoms with Gasteiger partial charge in [-0.1, -0.05) is 83.9 Å². The number of aliphatic hydroxyl groups excluding tert-OH is 2. The zero-order valence-electron chi connectivity index (χ0n) is 28.2. The number of nitrogens with zero attached hydrogens (tertiary/aromatic N) is 1. The fourth-order valence-electron chi connectivity index (χ4n) is 5.60. The van der Waals surface area contributed by atoms with Gasteiger partial charge in [-0.15, -0.1) is 12.4 Å². The normalized spacial score (nSPS) is 15.5. The van der Waals surface area contributed by atoms with Crippen molar-refractivity contribution in [3.8, 4) is 0 Å². The van der Waals surface area contributed by atoms with Gasteiger partial charge in [0.15, 0.2) is 0 Å². The minimum Gasteiger partial charge on any atom is -0.393 e. The molecule has 6 N–H and O–H groups in total. The summed E-state index contributed by atoms with van der Waals surface area (Å²) in [5.74, 6) is -0.921. The Kier molecular flexibility index (Phi) is 17.1. The first-order valence-corrected chi connectivity index (χ1v) is 16.2. The maximum atomic E-state index is 14.5. The molecule has 0 saturated heterocycles. The number of hydrogen-bond acceptors (Lipinski definition) is 6. The lowest BCUT2D eigenvalue weighted by Crippen LogP contribution is -2.65. The fraction of sp³-hybridized carbons (Fsp3) is 0.629. The van der Waals surface area contributed by atoms with Crippen LogP contribution in [0.3, 0.4) is 0 Å². The zero-order chi connectivity index (χ0) is 33.0. The summed E-state index contributed by atoms with van der Waals surface area (Å²) in [5, 5.41) is 29.4. The van der Waals surface area contributed by atoms with Gasteiger partial charge in [-0.3, -0.25) is 19.3 Å². The highest BCUT2D eigenvalue weighted by atomic mass is 35.5. The largest absolute Gasteiger partial charge is 0.393 e. The zero-order valence-corrected chi connectivity index (χ0v) is 29.0. The van der Waals surface area contributed by atoms with Crippen molar-refractivity contribution in [2.75, 3.05) is 11.4 Å². The monoisotopic (exact) mass is 648 g/mol. The Morgan fingerprint density at radius 2 is 1.53 bits per heavy atom. The van der Waals surface area contributed by atoms with Crippen molar-refractivity contribution < 1.29 is 24.6 Å². The second-order valence-electron chi connectivity index (χ2n) is 13.2. The number of carbonyl (C=O) groups is 3. The first-order valence-electron chi connectivity index (χ1n) is 16.2. The molecule has 2 rings (SSSR count). The standard InChI is InChI=1S/C35H56N4O5.ClH/c1-8-9-16-31(39(33(43)26(7)36)30-17-12-14-27-13-10-11-15-29(27)30)32(42)38-35(20-25(6)40,34(44)37-22-24(4)5)21-28(41)19-18-23(2)3;/h10-15,17,23-26,28,31,40-41H,8-9,16,18-22,36H2,1-7H3,(H,37,44)(H,38,42);1H/t25?,26-,28-,31-,35?;/m0./s1. The number of hydrogen-bond donors (Lipinski definition) is 5. The Morgan fingerprint density at radius 1 is 0.889 bits per heavy atom. The van der Waals surface area contributed by atoms with E-state index in [1.165, 1.54) is 4.90 Å². The molecular weight excluding hydrogens is 592 g/mol. The lowest BCUT2D eigenvalue weighted by Gasteiger charge is -2.40. The summed E-state index contributed by atoms with van der Waals surface area (Å²) in [6.07, 6.45) is 0.918. The van der Waals surface area contributed by atoms with Gasteiger partial charge in [0.25, 0.3) is 0 Å². The Hall–Kier alpha value is -2.72. The summed E-state index contributed by atoms with van der Waals surface area (Å²) in [5.41, 5.74) is 5.12. The molecular formula is C35H57ClN4O5. The number of benzene rings is 2. The van der Waals surface area contributed by atoms with Crippen molar-refractivity contribution >= 4 is 46.6 Å². The second-order valence-corrected chi connectivity index (χ2v) is 13.2. The van der Waals surface area contributed by atoms with Crippen LogP contribution in [0.25, 0.3) is 10.8 Å². The van der Waals surface area contributed by atoms with Crippen molar-refractivity contribution in [2.45, 2.75) is 123 Å². The first kappa shape index (κ1) is 40.3. The summed E-state index contributed by atoms with van der Waals surface area (Å²) >= 11 is 0. The van der Waals surface area contributed by atoms with Crippen LogP contribution in [0.4, 0.5) is 5.69 Å². The van der Waals surface area contributed by atoms with Gasteiger partial charge in [0, 0.05) is 24.8 Å². The smallest absolute Gasteiger partial charge is 0.245 e. The van der Waals surface area contributed by atoms with Crippen molar-refractivity contribution in [3.05, 3.63) is 42.5 Å². The van der Waals surface area contributed by atoms with E-state index in [0.717, 1.165) is 23.6 Å². The van der Waals surface area contributed by atoms with E-state index in [4.69, 9.17) is 5.73 Å². The molecule has 45 heavy (non-hydrogen) atoms. The number of rotatable bonds is 18. The molecule has 2 aromatic rings. The minimum absolute atomic E-state index is 0. The van der Waals surface area contributed by atoms with Crippen molar-refractivity contribution in [3.63, 3.8) is 0 Å². The molecule has 2 aromatic carbocycles. The van der Waals surface area contributed by atoms with Gasteiger partial charge in [-0.2, -0.15) is 0 Å². The third-order valence-corrected chi connectivity index (χ3v) is 7.87. The van der Waals surface area contributed by atoms with Crippen LogP contribution in [-0.4, -0.2) is 64.3 Å². The van der Waals surface area contributed by atoms with Crippen LogP contribution in [0.15, 0.2) is 42.5 Å². The van der Waals surface area contributed by atoms with Gasteiger partial charge < -0.3 is 26.6 Å². The van der Waals surface area contributed by atoms with E-state index in [2.05, 4.69) is 24.5 Å². The van der Waals surface area contributed by atoms with E-state index >= 15 is 0 Å². The predicted octanol–water partition coefficient (Wildman–Crippen LogP) is 5.09. The van der Waals surface area contributed by atoms with E-state index in [-0.39, 0.29) is 31.2 Å². The highest BCUT2D eigenvalue weighted by molar-refractivity contribution is 6.09. The van der Waals surface area contributed by atoms with Crippen LogP contribution in [0.1, 0.15) is 93.4 Å². The van der Waals surface area contributed by atoms with Crippen molar-refractivity contribution in [2.24, 2.45) is 17.6 Å². The number of amides is 3. The minimum atomic E-state index is -1.61. The number of carbonyl (C=O) groups excluding carboxylic acids is 3. The molecule has 0 aliphatic carbocycles. The quantitative estimate of drug-likeness (QED) is 0.152. The van der Waals surface area contributed by atoms with Gasteiger partial charge in [0.1, 0.15) is 11.6 Å². The van der Waals surface area contributed by atoms with Gasteiger partial charge in [0.05, 0.1) is 23.9 Å². The Morgan fingerprint density at radius 3 is 2.11 bits per heavy atom. The van der Waals surface area contributed by atoms with E-state index in [1.54, 1.807) is 13.8 Å². The summed E-state index contributed by atoms with van der Waals surface area (Å²) in [7, 11) is 0. The molecule has 0 aliphatic heterocycles. The summed E-state index contributed by atoms with van der Waals surface area (Å²) < 4.78 is 0. The number of nitrogens with two attached hydrogens (primary N) is 1. The molecule has 2 unspecified atom stereocenters. The van der Waals surface area contributed by atoms with Gasteiger partial charge >= 0.3 is 0 Å². The van der Waals surface area contributed by atoms with Crippen LogP contribution >= 0.6 is 12.4 Å². The second kappa shape index (κ2) is 19.1. The van der Waals surface area contributed by atoms with Crippen LogP contribution in [0.2, 0.25) is 0 Å². The van der Waals surface area contributed by atoms with Crippen LogP contribution < -0.4 is 21.3 Å². The number of fused-ring (bicyclic) bond motifs is 1.